The summed E-state index contributed by atoms with van der Waals surface area (Å²) in [6.45, 7) is 0. The molecular formula is H2Mg2O2+2. The van der Waals surface area contributed by atoms with Gasteiger partial charge in [0.2, 0.25) is 0 Å². The van der Waals surface area contributed by atoms with Crippen molar-refractivity contribution in [1.29, 1.82) is 0 Å². The third kappa shape index (κ3) is 9.84. The van der Waals surface area contributed by atoms with Crippen molar-refractivity contribution in [2.45, 2.75) is 0 Å². The summed E-state index contributed by atoms with van der Waals surface area (Å²) >= 11 is 0. The first-order valence-electron chi connectivity index (χ1n) is 0. The molecule has 2 nitrogen and oxygen atoms in total. The van der Waals surface area contributed by atoms with Crippen molar-refractivity contribution in [3.05, 3.63) is 0 Å². The monoisotopic (exact) mass is 82.0 g/mol. The van der Waals surface area contributed by atoms with E-state index in [0.29, 0.717) is 0 Å². The zero-order chi connectivity index (χ0) is 0. The van der Waals surface area contributed by atoms with Crippen LogP contribution in [0.2, 0.25) is 0 Å². The van der Waals surface area contributed by atoms with E-state index in [4.69, 9.17) is 0 Å². The van der Waals surface area contributed by atoms with Gasteiger partial charge < -0.3 is 11.0 Å². The summed E-state index contributed by atoms with van der Waals surface area (Å²) in [7, 11) is 0. The van der Waals surface area contributed by atoms with E-state index in [2.05, 4.69) is 0 Å². The molecule has 0 radical (unpaired) electrons. The molecule has 0 spiro atoms. The Hall–Kier alpha value is 1.45. The quantitative estimate of drug-likeness (QED) is 0.313. The van der Waals surface area contributed by atoms with Crippen molar-refractivity contribution in [2.24, 2.45) is 0 Å². The first kappa shape index (κ1) is 51.2. The van der Waals surface area contributed by atoms with E-state index in [9.17, 15) is 0 Å². The molecule has 0 atom stereocenters. The summed E-state index contributed by atoms with van der Waals surface area (Å²) in [6.07, 6.45) is 0. The second-order valence-electron chi connectivity index (χ2n) is 0. The molecule has 0 aliphatic heterocycles. The standard InChI is InChI=1S/2Mg.H2O.O/h;;1H2;/q2*+2;;-2. The molecule has 0 unspecified atom stereocenters. The van der Waals surface area contributed by atoms with Gasteiger partial charge in [-0.3, -0.25) is 0 Å². The van der Waals surface area contributed by atoms with Gasteiger partial charge in [-0.2, -0.15) is 0 Å². The molecule has 0 aromatic rings. The smallest absolute Gasteiger partial charge is 2.00 e. The second-order valence-corrected chi connectivity index (χ2v) is 0. The molecule has 2 N–H and O–H groups in total. The van der Waals surface area contributed by atoms with E-state index < -0.39 is 0 Å². The maximum atomic E-state index is 0. The van der Waals surface area contributed by atoms with Crippen LogP contribution in [0.1, 0.15) is 0 Å². The molecule has 4 heavy (non-hydrogen) atoms. The molecule has 0 saturated heterocycles. The fourth-order valence-corrected chi connectivity index (χ4v) is 0. The molecule has 0 bridgehead atoms. The first-order chi connectivity index (χ1) is 0. The van der Waals surface area contributed by atoms with Gasteiger partial charge in [0.15, 0.2) is 0 Å². The SMILES string of the molecule is O.[Mg+2].[Mg+2].[O-2]. The Morgan fingerprint density at radius 2 is 0.750 bits per heavy atom. The minimum atomic E-state index is 0. The number of rotatable bonds is 0. The Bertz CT molecular complexity index is 4.00. The predicted octanol–water partition coefficient (Wildman–Crippen LogP) is -1.71. The van der Waals surface area contributed by atoms with Crippen molar-refractivity contribution in [3.8, 4) is 0 Å². The Kier molecular flexibility index (Phi) is 322. The van der Waals surface area contributed by atoms with E-state index in [1.165, 1.54) is 0 Å². The zero-order valence-corrected chi connectivity index (χ0v) is 5.15. The Balaban J connectivity index is 0. The van der Waals surface area contributed by atoms with Crippen molar-refractivity contribution >= 4 is 46.1 Å². The van der Waals surface area contributed by atoms with Crippen LogP contribution in [-0.2, 0) is 5.48 Å². The van der Waals surface area contributed by atoms with Gasteiger partial charge in [0.05, 0.1) is 0 Å². The number of hydrogen-bond acceptors (Lipinski definition) is 0. The fraction of sp³-hybridized carbons (Fsp3) is 0. The molecule has 0 aromatic carbocycles. The van der Waals surface area contributed by atoms with E-state index in [1.54, 1.807) is 0 Å². The second kappa shape index (κ2) is 25.2. The summed E-state index contributed by atoms with van der Waals surface area (Å²) in [5.74, 6) is 0. The van der Waals surface area contributed by atoms with E-state index in [1.807, 2.05) is 0 Å². The molecule has 0 aliphatic carbocycles. The summed E-state index contributed by atoms with van der Waals surface area (Å²) < 4.78 is 0. The van der Waals surface area contributed by atoms with Gasteiger partial charge >= 0.3 is 46.1 Å². The van der Waals surface area contributed by atoms with Crippen LogP contribution < -0.4 is 0 Å². The van der Waals surface area contributed by atoms with Crippen molar-refractivity contribution in [2.75, 3.05) is 0 Å². The molecule has 0 aliphatic rings. The Morgan fingerprint density at radius 1 is 0.750 bits per heavy atom. The predicted molar refractivity (Wildman–Crippen MR) is 15.8 cm³/mol. The molecule has 0 fully saturated rings. The van der Waals surface area contributed by atoms with Crippen LogP contribution in [0, 0.1) is 0 Å². The first-order valence-corrected chi connectivity index (χ1v) is 0. The maximum absolute atomic E-state index is 0. The zero-order valence-electron chi connectivity index (χ0n) is 2.32. The van der Waals surface area contributed by atoms with Crippen LogP contribution in [0.4, 0.5) is 0 Å². The Labute approximate surface area is 56.9 Å². The summed E-state index contributed by atoms with van der Waals surface area (Å²) in [4.78, 5) is 0. The summed E-state index contributed by atoms with van der Waals surface area (Å²) in [6, 6.07) is 0. The van der Waals surface area contributed by atoms with Crippen LogP contribution >= 0.6 is 0 Å². The van der Waals surface area contributed by atoms with Crippen LogP contribution in [0.5, 0.6) is 0 Å². The van der Waals surface area contributed by atoms with Crippen molar-refractivity contribution in [3.63, 3.8) is 0 Å². The molecule has 4 heteroatoms. The maximum Gasteiger partial charge on any atom is 2.00 e. The largest absolute Gasteiger partial charge is 2.00 e. The van der Waals surface area contributed by atoms with Crippen LogP contribution in [0.3, 0.4) is 0 Å². The van der Waals surface area contributed by atoms with Crippen molar-refractivity contribution < 1.29 is 11.0 Å². The van der Waals surface area contributed by atoms with Crippen molar-refractivity contribution in [1.82, 2.24) is 0 Å². The molecular weight excluding hydrogens is 80.6 g/mol. The van der Waals surface area contributed by atoms with E-state index in [-0.39, 0.29) is 57.1 Å². The fourth-order valence-electron chi connectivity index (χ4n) is 0. The molecule has 0 rings (SSSR count). The normalized spacial score (nSPS) is 0. The Morgan fingerprint density at radius 3 is 0.750 bits per heavy atom. The van der Waals surface area contributed by atoms with Gasteiger partial charge in [-0.05, 0) is 0 Å². The number of hydrogen-bond donors (Lipinski definition) is 0. The van der Waals surface area contributed by atoms with E-state index in [0.717, 1.165) is 0 Å². The third-order valence-corrected chi connectivity index (χ3v) is 0. The van der Waals surface area contributed by atoms with Gasteiger partial charge in [0, 0.05) is 0 Å². The van der Waals surface area contributed by atoms with Gasteiger partial charge in [-0.1, -0.05) is 0 Å². The molecule has 0 aromatic heterocycles. The van der Waals surface area contributed by atoms with E-state index >= 15 is 0 Å². The molecule has 16 valence electrons. The van der Waals surface area contributed by atoms with Crippen LogP contribution in [-0.4, -0.2) is 51.6 Å². The topological polar surface area (TPSA) is 60.0 Å². The average Bonchev–Trinajstić information content (AvgIpc) is 0. The third-order valence-electron chi connectivity index (χ3n) is 0. The van der Waals surface area contributed by atoms with Gasteiger partial charge in [0.1, 0.15) is 0 Å². The van der Waals surface area contributed by atoms with Crippen LogP contribution in [0.15, 0.2) is 0 Å². The summed E-state index contributed by atoms with van der Waals surface area (Å²) in [5, 5.41) is 0. The minimum Gasteiger partial charge on any atom is -2.00 e. The van der Waals surface area contributed by atoms with Crippen LogP contribution in [0.25, 0.3) is 0 Å². The summed E-state index contributed by atoms with van der Waals surface area (Å²) in [5.41, 5.74) is 0. The average molecular weight is 82.6 g/mol. The van der Waals surface area contributed by atoms with Gasteiger partial charge in [-0.15, -0.1) is 0 Å². The minimum absolute atomic E-state index is 0. The van der Waals surface area contributed by atoms with Gasteiger partial charge in [-0.25, -0.2) is 0 Å². The molecule has 0 amide bonds. The molecule has 0 heterocycles. The van der Waals surface area contributed by atoms with Gasteiger partial charge in [0.25, 0.3) is 0 Å². The molecule has 0 saturated carbocycles.